The normalized spacial score (nSPS) is 17.3. The van der Waals surface area contributed by atoms with Gasteiger partial charge >= 0.3 is 6.15 Å². The summed E-state index contributed by atoms with van der Waals surface area (Å²) < 4.78 is 53.6. The van der Waals surface area contributed by atoms with E-state index in [-0.39, 0.29) is 36.1 Å². The molecule has 0 saturated carbocycles. The predicted octanol–water partition coefficient (Wildman–Crippen LogP) is 5.43. The summed E-state index contributed by atoms with van der Waals surface area (Å²) in [6, 6.07) is 22.4. The Hall–Kier alpha value is -6.97. The molecule has 0 bridgehead atoms. The van der Waals surface area contributed by atoms with E-state index in [4.69, 9.17) is 15.3 Å². The summed E-state index contributed by atoms with van der Waals surface area (Å²) in [7, 11) is 0. The van der Waals surface area contributed by atoms with E-state index >= 15 is 0 Å². The van der Waals surface area contributed by atoms with Gasteiger partial charge in [-0.1, -0.05) is 60.7 Å². The first-order valence-corrected chi connectivity index (χ1v) is 18.3. The van der Waals surface area contributed by atoms with Gasteiger partial charge in [-0.15, -0.1) is 5.10 Å². The standard InChI is InChI=1S/C21H18F2N4O2.C10H10F2N2O.C10H10N2.CO2/c22-14-9-13-6-7-17(20(28)25-19(13)16(23)10-14)24-21(29)18-11-15(26-27-18)8-12-4-2-1-3-5-12;11-6-3-5-1-2-8(13)10(15)14-9(5)7(12)4-6;1-2-4-9(5-3-1)8-10-6-7-11-12-10;2-1-3/h1-5,9-10,17H,6-8,11H2,(H,24,29)(H,25,28);3-4,8H,1-2,13H2,(H,14,15);1-5,7H,6,8H2;/t17-;8-;;/m00../s1. The fourth-order valence-corrected chi connectivity index (χ4v) is 6.31. The first-order chi connectivity index (χ1) is 28.4. The molecule has 4 aromatic rings. The van der Waals surface area contributed by atoms with Gasteiger partial charge in [-0.2, -0.15) is 24.9 Å². The Labute approximate surface area is 335 Å². The van der Waals surface area contributed by atoms with Gasteiger partial charge in [-0.05, 0) is 60.1 Å². The minimum absolute atomic E-state index is 0.0418. The first kappa shape index (κ1) is 43.2. The summed E-state index contributed by atoms with van der Waals surface area (Å²) in [6.07, 6.45) is 6.08. The topological polar surface area (TPSA) is 197 Å². The van der Waals surface area contributed by atoms with Crippen molar-refractivity contribution in [1.82, 2.24) is 5.32 Å². The maximum absolute atomic E-state index is 14.0. The number of anilines is 2. The summed E-state index contributed by atoms with van der Waals surface area (Å²) >= 11 is 0. The lowest BCUT2D eigenvalue weighted by Crippen LogP contribution is -2.45. The molecule has 4 aliphatic heterocycles. The van der Waals surface area contributed by atoms with Crippen LogP contribution in [0.1, 0.15) is 47.9 Å². The van der Waals surface area contributed by atoms with Gasteiger partial charge in [0.05, 0.1) is 28.8 Å². The van der Waals surface area contributed by atoms with Crippen LogP contribution in [0.25, 0.3) is 0 Å². The number of amides is 3. The molecule has 0 aromatic heterocycles. The van der Waals surface area contributed by atoms with Crippen LogP contribution < -0.4 is 21.7 Å². The van der Waals surface area contributed by atoms with Crippen LogP contribution in [0, 0.1) is 23.3 Å². The lowest BCUT2D eigenvalue weighted by atomic mass is 10.0. The third kappa shape index (κ3) is 12.5. The highest BCUT2D eigenvalue weighted by Crippen LogP contribution is 2.27. The van der Waals surface area contributed by atoms with E-state index in [1.54, 1.807) is 0 Å². The molecular formula is C42H38F4N8O5. The second kappa shape index (κ2) is 21.0. The van der Waals surface area contributed by atoms with Crippen molar-refractivity contribution in [3.8, 4) is 0 Å². The van der Waals surface area contributed by atoms with Crippen molar-refractivity contribution in [3.63, 3.8) is 0 Å². The van der Waals surface area contributed by atoms with Crippen molar-refractivity contribution in [3.05, 3.63) is 130 Å². The SMILES string of the molecule is C1=NN=C(Cc2ccccc2)C1.N[C@H]1CCc2cc(F)cc(F)c2NC1=O.O=C(N[C@H]1CCc2cc(F)cc(F)c2NC1=O)C1=NN=C(Cc2ccccc2)C1.O=C=O. The number of benzene rings is 4. The van der Waals surface area contributed by atoms with Crippen molar-refractivity contribution in [2.24, 2.45) is 26.1 Å². The van der Waals surface area contributed by atoms with Crippen LogP contribution >= 0.6 is 0 Å². The van der Waals surface area contributed by atoms with Crippen LogP contribution in [0.4, 0.5) is 28.9 Å². The molecule has 0 unspecified atom stereocenters. The number of carbonyl (C=O) groups excluding carboxylic acids is 5. The number of hydrogen-bond donors (Lipinski definition) is 4. The van der Waals surface area contributed by atoms with Gasteiger partial charge in [0, 0.05) is 44.0 Å². The third-order valence-electron chi connectivity index (χ3n) is 9.21. The Morgan fingerprint density at radius 3 is 1.80 bits per heavy atom. The fraction of sp³-hybridized carbons (Fsp3) is 0.238. The Kier molecular flexibility index (Phi) is 15.3. The first-order valence-electron chi connectivity index (χ1n) is 18.3. The second-order valence-corrected chi connectivity index (χ2v) is 13.5. The molecule has 13 nitrogen and oxygen atoms in total. The highest BCUT2D eigenvalue weighted by molar-refractivity contribution is 6.43. The third-order valence-corrected chi connectivity index (χ3v) is 9.21. The molecule has 3 amide bonds. The number of halogens is 4. The van der Waals surface area contributed by atoms with E-state index < -0.39 is 53.1 Å². The van der Waals surface area contributed by atoms with Crippen LogP contribution in [0.5, 0.6) is 0 Å². The Balaban J connectivity index is 0.000000183. The summed E-state index contributed by atoms with van der Waals surface area (Å²) in [6.45, 7) is 0. The second-order valence-electron chi connectivity index (χ2n) is 13.5. The zero-order valence-electron chi connectivity index (χ0n) is 31.4. The van der Waals surface area contributed by atoms with Crippen molar-refractivity contribution in [2.45, 2.75) is 63.5 Å². The van der Waals surface area contributed by atoms with Crippen molar-refractivity contribution >= 4 is 58.6 Å². The van der Waals surface area contributed by atoms with E-state index in [9.17, 15) is 31.9 Å². The molecule has 5 N–H and O–H groups in total. The number of aryl methyl sites for hydroxylation is 2. The van der Waals surface area contributed by atoms with E-state index in [0.717, 1.165) is 42.0 Å². The van der Waals surface area contributed by atoms with Crippen LogP contribution in [0.15, 0.2) is 105 Å². The quantitative estimate of drug-likeness (QED) is 0.187. The summed E-state index contributed by atoms with van der Waals surface area (Å²) in [5, 5.41) is 23.3. The van der Waals surface area contributed by atoms with Crippen LogP contribution in [0.3, 0.4) is 0 Å². The van der Waals surface area contributed by atoms with Crippen LogP contribution in [0.2, 0.25) is 0 Å². The lowest BCUT2D eigenvalue weighted by molar-refractivity contribution is -0.191. The van der Waals surface area contributed by atoms with Gasteiger partial charge < -0.3 is 21.7 Å². The predicted molar refractivity (Wildman–Crippen MR) is 212 cm³/mol. The molecule has 59 heavy (non-hydrogen) atoms. The zero-order valence-corrected chi connectivity index (χ0v) is 31.4. The zero-order chi connectivity index (χ0) is 42.3. The largest absolute Gasteiger partial charge is 0.373 e. The number of fused-ring (bicyclic) bond motifs is 2. The van der Waals surface area contributed by atoms with E-state index in [0.29, 0.717) is 36.8 Å². The van der Waals surface area contributed by atoms with Gasteiger partial charge in [0.2, 0.25) is 11.8 Å². The maximum Gasteiger partial charge on any atom is 0.373 e. The average Bonchev–Trinajstić information content (AvgIpc) is 3.85. The maximum atomic E-state index is 14.0. The molecule has 8 rings (SSSR count). The van der Waals surface area contributed by atoms with Crippen molar-refractivity contribution in [1.29, 1.82) is 0 Å². The summed E-state index contributed by atoms with van der Waals surface area (Å²) in [5.41, 5.74) is 10.9. The smallest absolute Gasteiger partial charge is 0.339 e. The Morgan fingerprint density at radius 1 is 0.729 bits per heavy atom. The number of carbonyl (C=O) groups is 3. The Morgan fingerprint density at radius 2 is 1.25 bits per heavy atom. The van der Waals surface area contributed by atoms with E-state index in [2.05, 4.69) is 48.5 Å². The van der Waals surface area contributed by atoms with Crippen LogP contribution in [-0.4, -0.2) is 59.3 Å². The molecule has 17 heteroatoms. The molecule has 4 aliphatic rings. The molecular weight excluding hydrogens is 773 g/mol. The molecule has 2 atom stereocenters. The van der Waals surface area contributed by atoms with Gasteiger partial charge in [0.25, 0.3) is 5.91 Å². The minimum atomic E-state index is -0.877. The molecule has 4 aromatic carbocycles. The van der Waals surface area contributed by atoms with Crippen molar-refractivity contribution in [2.75, 3.05) is 10.6 Å². The van der Waals surface area contributed by atoms with Crippen molar-refractivity contribution < 1.29 is 41.5 Å². The lowest BCUT2D eigenvalue weighted by Gasteiger charge is -2.15. The van der Waals surface area contributed by atoms with E-state index in [1.165, 1.54) is 17.7 Å². The van der Waals surface area contributed by atoms with E-state index in [1.807, 2.05) is 54.7 Å². The van der Waals surface area contributed by atoms with Gasteiger partial charge in [0.1, 0.15) is 35.0 Å². The molecule has 0 aliphatic carbocycles. The van der Waals surface area contributed by atoms with Gasteiger partial charge in [0.15, 0.2) is 0 Å². The fourth-order valence-electron chi connectivity index (χ4n) is 6.31. The molecule has 0 spiro atoms. The minimum Gasteiger partial charge on any atom is -0.339 e. The number of nitrogens with two attached hydrogens (primary N) is 1. The number of rotatable bonds is 6. The highest BCUT2D eigenvalue weighted by Gasteiger charge is 2.30. The van der Waals surface area contributed by atoms with Gasteiger partial charge in [-0.3, -0.25) is 14.4 Å². The molecule has 304 valence electrons. The van der Waals surface area contributed by atoms with Gasteiger partial charge in [-0.25, -0.2) is 17.6 Å². The van der Waals surface area contributed by atoms with Crippen LogP contribution in [-0.2, 0) is 49.7 Å². The summed E-state index contributed by atoms with van der Waals surface area (Å²) in [5.74, 6) is -4.41. The molecule has 0 fully saturated rings. The molecule has 4 heterocycles. The highest BCUT2D eigenvalue weighted by atomic mass is 19.1. The summed E-state index contributed by atoms with van der Waals surface area (Å²) in [4.78, 5) is 52.5. The Bertz CT molecular complexity index is 2330. The monoisotopic (exact) mass is 810 g/mol. The average molecular weight is 811 g/mol. The molecule has 0 radical (unpaired) electrons. The molecule has 0 saturated heterocycles. The number of nitrogens with one attached hydrogen (secondary N) is 3. The number of nitrogens with zero attached hydrogens (tertiary/aromatic N) is 4. The number of hydrogen-bond acceptors (Lipinski definition) is 10.